The number of rotatable bonds is 7. The second kappa shape index (κ2) is 8.19. The van der Waals surface area contributed by atoms with Crippen LogP contribution >= 0.6 is 15.9 Å². The molecule has 0 N–H and O–H groups in total. The third kappa shape index (κ3) is 4.31. The quantitative estimate of drug-likeness (QED) is 0.406. The van der Waals surface area contributed by atoms with Gasteiger partial charge in [-0.3, -0.25) is 4.79 Å². The molecule has 0 heterocycles. The molecule has 1 aromatic rings. The number of hydrogen-bond donors (Lipinski definition) is 0. The molecule has 0 aliphatic carbocycles. The monoisotopic (exact) mass is 354 g/mol. The Bertz CT molecular complexity index is 536. The Balaban J connectivity index is 2.96. The molecule has 1 aromatic carbocycles. The van der Waals surface area contributed by atoms with Crippen molar-refractivity contribution in [2.75, 3.05) is 7.11 Å². The Morgan fingerprint density at radius 1 is 1.43 bits per heavy atom. The Kier molecular flexibility index (Phi) is 6.91. The molecule has 2 nitrogen and oxygen atoms in total. The normalized spacial score (nSPS) is 13.3. The molecule has 1 unspecified atom stereocenters. The van der Waals surface area contributed by atoms with E-state index in [4.69, 9.17) is 11.2 Å². The van der Waals surface area contributed by atoms with Crippen molar-refractivity contribution in [3.05, 3.63) is 34.1 Å². The fraction of sp³-hybridized carbons (Fsp3) is 0.471. The Morgan fingerprint density at radius 2 is 2.14 bits per heavy atom. The maximum absolute atomic E-state index is 14.3. The van der Waals surface area contributed by atoms with Crippen molar-refractivity contribution in [1.29, 1.82) is 0 Å². The van der Waals surface area contributed by atoms with Crippen molar-refractivity contribution in [2.24, 2.45) is 0 Å². The van der Waals surface area contributed by atoms with E-state index in [1.165, 1.54) is 7.11 Å². The number of ether oxygens (including phenoxy) is 1. The molecule has 0 fully saturated rings. The van der Waals surface area contributed by atoms with Crippen LogP contribution in [0.1, 0.15) is 44.6 Å². The van der Waals surface area contributed by atoms with Gasteiger partial charge in [0, 0.05) is 12.0 Å². The van der Waals surface area contributed by atoms with Crippen LogP contribution in [0.15, 0.2) is 22.7 Å². The van der Waals surface area contributed by atoms with Crippen LogP contribution in [0.5, 0.6) is 0 Å². The summed E-state index contributed by atoms with van der Waals surface area (Å²) >= 11 is 3.16. The minimum atomic E-state index is -0.987. The molecular formula is C17H20BrFO2. The Labute approximate surface area is 134 Å². The van der Waals surface area contributed by atoms with Gasteiger partial charge in [0.05, 0.1) is 17.0 Å². The van der Waals surface area contributed by atoms with Crippen LogP contribution in [0.25, 0.3) is 0 Å². The lowest BCUT2D eigenvalue weighted by molar-refractivity contribution is -0.147. The summed E-state index contributed by atoms with van der Waals surface area (Å²) in [5.41, 5.74) is -0.626. The van der Waals surface area contributed by atoms with Crippen LogP contribution in [0.3, 0.4) is 0 Å². The number of carbonyl (C=O) groups is 1. The molecule has 114 valence electrons. The molecule has 0 aromatic heterocycles. The average molecular weight is 355 g/mol. The minimum Gasteiger partial charge on any atom is -0.468 e. The van der Waals surface area contributed by atoms with Gasteiger partial charge in [-0.1, -0.05) is 25.0 Å². The highest BCUT2D eigenvalue weighted by Gasteiger charge is 2.38. The highest BCUT2D eigenvalue weighted by Crippen LogP contribution is 2.35. The third-order valence-electron chi connectivity index (χ3n) is 3.68. The lowest BCUT2D eigenvalue weighted by Crippen LogP contribution is -2.35. The fourth-order valence-electron chi connectivity index (χ4n) is 2.38. The molecule has 1 rings (SSSR count). The van der Waals surface area contributed by atoms with Gasteiger partial charge < -0.3 is 4.74 Å². The number of halogens is 2. The number of benzene rings is 1. The zero-order chi connectivity index (χ0) is 15.9. The van der Waals surface area contributed by atoms with Crippen molar-refractivity contribution < 1.29 is 13.9 Å². The van der Waals surface area contributed by atoms with Crippen LogP contribution in [0, 0.1) is 18.2 Å². The molecule has 0 radical (unpaired) electrons. The first kappa shape index (κ1) is 17.7. The van der Waals surface area contributed by atoms with E-state index in [-0.39, 0.29) is 0 Å². The van der Waals surface area contributed by atoms with Gasteiger partial charge in [0.2, 0.25) is 0 Å². The zero-order valence-electron chi connectivity index (χ0n) is 12.4. The Hall–Kier alpha value is -1.34. The van der Waals surface area contributed by atoms with Crippen LogP contribution in [-0.2, 0) is 14.9 Å². The molecule has 1 atom stereocenters. The van der Waals surface area contributed by atoms with Gasteiger partial charge >= 0.3 is 5.97 Å². The number of methoxy groups -OCH3 is 1. The second-order valence-electron chi connectivity index (χ2n) is 5.19. The second-order valence-corrected chi connectivity index (χ2v) is 6.04. The van der Waals surface area contributed by atoms with E-state index in [0.717, 1.165) is 25.7 Å². The molecule has 4 heteroatoms. The van der Waals surface area contributed by atoms with Gasteiger partial charge in [-0.2, -0.15) is 0 Å². The standard InChI is InChI=1S/C17H20BrFO2/c1-4-5-6-7-8-12-17(2,16(20)21-3)13-10-9-11-14(18)15(13)19/h1,9-11H,5-8,12H2,2-3H3. The first-order chi connectivity index (χ1) is 9.97. The largest absolute Gasteiger partial charge is 0.468 e. The average Bonchev–Trinajstić information content (AvgIpc) is 2.48. The minimum absolute atomic E-state index is 0.349. The number of hydrogen-bond acceptors (Lipinski definition) is 2. The molecule has 21 heavy (non-hydrogen) atoms. The van der Waals surface area contributed by atoms with E-state index in [2.05, 4.69) is 21.9 Å². The lowest BCUT2D eigenvalue weighted by Gasteiger charge is -2.28. The smallest absolute Gasteiger partial charge is 0.316 e. The van der Waals surface area contributed by atoms with Crippen molar-refractivity contribution in [3.63, 3.8) is 0 Å². The maximum Gasteiger partial charge on any atom is 0.316 e. The van der Waals surface area contributed by atoms with E-state index in [9.17, 15) is 9.18 Å². The highest BCUT2D eigenvalue weighted by atomic mass is 79.9. The molecule has 0 bridgehead atoms. The first-order valence-corrected chi connectivity index (χ1v) is 7.73. The summed E-state index contributed by atoms with van der Waals surface area (Å²) in [7, 11) is 1.33. The number of esters is 1. The molecule has 0 aliphatic rings. The van der Waals surface area contributed by atoms with Gasteiger partial charge in [-0.15, -0.1) is 12.3 Å². The first-order valence-electron chi connectivity index (χ1n) is 6.93. The number of carbonyl (C=O) groups excluding carboxylic acids is 1. The predicted octanol–water partition coefficient (Wildman–Crippen LogP) is 4.60. The number of terminal acetylenes is 1. The van der Waals surface area contributed by atoms with Gasteiger partial charge in [0.1, 0.15) is 5.82 Å². The third-order valence-corrected chi connectivity index (χ3v) is 4.29. The predicted molar refractivity (Wildman–Crippen MR) is 85.4 cm³/mol. The van der Waals surface area contributed by atoms with Crippen molar-refractivity contribution in [3.8, 4) is 12.3 Å². The molecular weight excluding hydrogens is 335 g/mol. The molecule has 0 amide bonds. The lowest BCUT2D eigenvalue weighted by atomic mass is 9.77. The summed E-state index contributed by atoms with van der Waals surface area (Å²) in [6.45, 7) is 1.73. The van der Waals surface area contributed by atoms with Crippen LogP contribution in [0.2, 0.25) is 0 Å². The molecule has 0 aliphatic heterocycles. The molecule has 0 saturated carbocycles. The summed E-state index contributed by atoms with van der Waals surface area (Å²) in [4.78, 5) is 12.2. The Morgan fingerprint density at radius 3 is 2.76 bits per heavy atom. The zero-order valence-corrected chi connectivity index (χ0v) is 14.0. The van der Waals surface area contributed by atoms with E-state index in [1.54, 1.807) is 25.1 Å². The summed E-state index contributed by atoms with van der Waals surface area (Å²) in [5, 5.41) is 0. The molecule has 0 saturated heterocycles. The van der Waals surface area contributed by atoms with Crippen LogP contribution in [-0.4, -0.2) is 13.1 Å². The molecule has 0 spiro atoms. The summed E-state index contributed by atoms with van der Waals surface area (Å²) in [6.07, 6.45) is 9.07. The maximum atomic E-state index is 14.3. The fourth-order valence-corrected chi connectivity index (χ4v) is 2.75. The summed E-state index contributed by atoms with van der Waals surface area (Å²) in [6, 6.07) is 4.98. The van der Waals surface area contributed by atoms with Crippen LogP contribution in [0.4, 0.5) is 4.39 Å². The van der Waals surface area contributed by atoms with Gasteiger partial charge in [0.15, 0.2) is 0 Å². The number of unbranched alkanes of at least 4 members (excludes halogenated alkanes) is 3. The van der Waals surface area contributed by atoms with Gasteiger partial charge in [-0.05, 0) is 41.8 Å². The highest BCUT2D eigenvalue weighted by molar-refractivity contribution is 9.10. The summed E-state index contributed by atoms with van der Waals surface area (Å²) < 4.78 is 19.6. The van der Waals surface area contributed by atoms with Crippen molar-refractivity contribution >= 4 is 21.9 Å². The van der Waals surface area contributed by atoms with E-state index in [0.29, 0.717) is 16.5 Å². The van der Waals surface area contributed by atoms with E-state index in [1.807, 2.05) is 0 Å². The van der Waals surface area contributed by atoms with Crippen molar-refractivity contribution in [2.45, 2.75) is 44.4 Å². The van der Waals surface area contributed by atoms with E-state index < -0.39 is 17.2 Å². The van der Waals surface area contributed by atoms with Crippen molar-refractivity contribution in [1.82, 2.24) is 0 Å². The van der Waals surface area contributed by atoms with Gasteiger partial charge in [-0.25, -0.2) is 4.39 Å². The SMILES string of the molecule is C#CCCCCCC(C)(C(=O)OC)c1cccc(Br)c1F. The van der Waals surface area contributed by atoms with Crippen LogP contribution < -0.4 is 0 Å². The van der Waals surface area contributed by atoms with Gasteiger partial charge in [0.25, 0.3) is 0 Å². The summed E-state index contributed by atoms with van der Waals surface area (Å²) in [5.74, 6) is 1.76. The topological polar surface area (TPSA) is 26.3 Å². The van der Waals surface area contributed by atoms with E-state index >= 15 is 0 Å².